The highest BCUT2D eigenvalue weighted by molar-refractivity contribution is 5.79. The van der Waals surface area contributed by atoms with Crippen LogP contribution in [0.3, 0.4) is 0 Å². The van der Waals surface area contributed by atoms with E-state index in [1.807, 2.05) is 26.0 Å². The summed E-state index contributed by atoms with van der Waals surface area (Å²) in [7, 11) is 0. The molecule has 3 N–H and O–H groups in total. The maximum absolute atomic E-state index is 10.8. The van der Waals surface area contributed by atoms with E-state index in [-0.39, 0.29) is 6.10 Å². The van der Waals surface area contributed by atoms with E-state index in [0.717, 1.165) is 57.2 Å². The predicted octanol–water partition coefficient (Wildman–Crippen LogP) is 2.18. The lowest BCUT2D eigenvalue weighted by atomic mass is 9.89. The third-order valence-corrected chi connectivity index (χ3v) is 6.12. The van der Waals surface area contributed by atoms with Gasteiger partial charge in [-0.1, -0.05) is 6.92 Å². The minimum atomic E-state index is -0.858. The Balaban J connectivity index is 1.51. The van der Waals surface area contributed by atoms with E-state index in [0.29, 0.717) is 31.5 Å². The number of morpholine rings is 1. The molecule has 2 heterocycles. The van der Waals surface area contributed by atoms with Gasteiger partial charge in [0.15, 0.2) is 5.96 Å². The zero-order chi connectivity index (χ0) is 22.8. The fourth-order valence-corrected chi connectivity index (χ4v) is 4.21. The second-order valence-corrected chi connectivity index (χ2v) is 9.44. The molecule has 0 amide bonds. The number of aliphatic imine (C=N–C) groups is 1. The normalized spacial score (nSPS) is 24.6. The predicted molar refractivity (Wildman–Crippen MR) is 127 cm³/mol. The number of nitrogens with zero attached hydrogens (tertiary/aromatic N) is 3. The monoisotopic (exact) mass is 447 g/mol. The number of hydrogen-bond donors (Lipinski definition) is 3. The van der Waals surface area contributed by atoms with E-state index < -0.39 is 5.60 Å². The summed E-state index contributed by atoms with van der Waals surface area (Å²) >= 11 is 0. The average molecular weight is 448 g/mol. The SMILES string of the molecule is CCNC(=NCc1ccnc(OC2CCC(C)CC2)c1)NCC(C)(O)CN1CCOCC1. The van der Waals surface area contributed by atoms with Gasteiger partial charge in [0.05, 0.1) is 25.4 Å². The van der Waals surface area contributed by atoms with Gasteiger partial charge in [0, 0.05) is 45.0 Å². The number of β-amino-alcohol motifs (C(OH)–C–C–N with tert-alkyl or cyclic N) is 1. The van der Waals surface area contributed by atoms with Crippen LogP contribution in [0.1, 0.15) is 52.0 Å². The molecule has 0 bridgehead atoms. The lowest BCUT2D eigenvalue weighted by Gasteiger charge is -2.34. The number of aliphatic hydroxyl groups is 1. The molecule has 8 nitrogen and oxygen atoms in total. The summed E-state index contributed by atoms with van der Waals surface area (Å²) in [6.45, 7) is 11.7. The van der Waals surface area contributed by atoms with Crippen molar-refractivity contribution in [3.05, 3.63) is 23.9 Å². The smallest absolute Gasteiger partial charge is 0.213 e. The maximum atomic E-state index is 10.8. The molecule has 180 valence electrons. The van der Waals surface area contributed by atoms with Gasteiger partial charge in [-0.3, -0.25) is 4.90 Å². The molecule has 1 aromatic rings. The van der Waals surface area contributed by atoms with Gasteiger partial charge in [-0.2, -0.15) is 0 Å². The Labute approximate surface area is 192 Å². The van der Waals surface area contributed by atoms with Crippen molar-refractivity contribution in [3.63, 3.8) is 0 Å². The van der Waals surface area contributed by atoms with Crippen LogP contribution in [0.4, 0.5) is 0 Å². The summed E-state index contributed by atoms with van der Waals surface area (Å²) < 4.78 is 11.5. The van der Waals surface area contributed by atoms with Crippen molar-refractivity contribution < 1.29 is 14.6 Å². The molecule has 1 aliphatic heterocycles. The van der Waals surface area contributed by atoms with Crippen molar-refractivity contribution >= 4 is 5.96 Å². The quantitative estimate of drug-likeness (QED) is 0.395. The summed E-state index contributed by atoms with van der Waals surface area (Å²) in [5.41, 5.74) is 0.194. The molecular weight excluding hydrogens is 406 g/mol. The average Bonchev–Trinajstić information content (AvgIpc) is 2.78. The molecule has 1 atom stereocenters. The molecule has 1 aromatic heterocycles. The lowest BCUT2D eigenvalue weighted by Crippen LogP contribution is -2.52. The van der Waals surface area contributed by atoms with Crippen LogP contribution in [0.5, 0.6) is 5.88 Å². The Kier molecular flexibility index (Phi) is 9.56. The molecule has 1 aliphatic carbocycles. The van der Waals surface area contributed by atoms with Crippen LogP contribution in [-0.4, -0.2) is 78.6 Å². The van der Waals surface area contributed by atoms with Gasteiger partial charge in [-0.25, -0.2) is 9.98 Å². The zero-order valence-electron chi connectivity index (χ0n) is 20.0. The Hall–Kier alpha value is -1.90. The van der Waals surface area contributed by atoms with Gasteiger partial charge < -0.3 is 25.2 Å². The van der Waals surface area contributed by atoms with Crippen LogP contribution in [0.15, 0.2) is 23.3 Å². The van der Waals surface area contributed by atoms with E-state index in [9.17, 15) is 5.11 Å². The molecule has 2 aliphatic rings. The first-order valence-corrected chi connectivity index (χ1v) is 12.1. The Morgan fingerprint density at radius 3 is 2.75 bits per heavy atom. The van der Waals surface area contributed by atoms with Crippen LogP contribution in [-0.2, 0) is 11.3 Å². The fourth-order valence-electron chi connectivity index (χ4n) is 4.21. The summed E-state index contributed by atoms with van der Waals surface area (Å²) in [4.78, 5) is 11.3. The van der Waals surface area contributed by atoms with Gasteiger partial charge in [0.2, 0.25) is 5.88 Å². The minimum absolute atomic E-state index is 0.269. The Morgan fingerprint density at radius 1 is 1.28 bits per heavy atom. The van der Waals surface area contributed by atoms with Crippen LogP contribution < -0.4 is 15.4 Å². The number of hydrogen-bond acceptors (Lipinski definition) is 6. The van der Waals surface area contributed by atoms with Gasteiger partial charge in [0.25, 0.3) is 0 Å². The van der Waals surface area contributed by atoms with Crippen LogP contribution in [0, 0.1) is 5.92 Å². The number of aromatic nitrogens is 1. The van der Waals surface area contributed by atoms with Crippen molar-refractivity contribution in [2.24, 2.45) is 10.9 Å². The number of pyridine rings is 1. The fraction of sp³-hybridized carbons (Fsp3) is 0.750. The van der Waals surface area contributed by atoms with Gasteiger partial charge in [-0.15, -0.1) is 0 Å². The first-order valence-electron chi connectivity index (χ1n) is 12.1. The summed E-state index contributed by atoms with van der Waals surface area (Å²) in [5.74, 6) is 2.18. The van der Waals surface area contributed by atoms with E-state index in [4.69, 9.17) is 14.5 Å². The molecule has 0 radical (unpaired) electrons. The zero-order valence-corrected chi connectivity index (χ0v) is 20.0. The first kappa shape index (κ1) is 24.7. The topological polar surface area (TPSA) is 91.2 Å². The molecule has 1 saturated heterocycles. The molecule has 8 heteroatoms. The third kappa shape index (κ3) is 8.56. The van der Waals surface area contributed by atoms with Crippen LogP contribution >= 0.6 is 0 Å². The highest BCUT2D eigenvalue weighted by Gasteiger charge is 2.25. The molecule has 0 aromatic carbocycles. The number of rotatable bonds is 9. The Bertz CT molecular complexity index is 713. The van der Waals surface area contributed by atoms with E-state index in [2.05, 4.69) is 27.4 Å². The first-order chi connectivity index (χ1) is 15.4. The summed E-state index contributed by atoms with van der Waals surface area (Å²) in [6, 6.07) is 3.96. The van der Waals surface area contributed by atoms with Crippen molar-refractivity contribution in [3.8, 4) is 5.88 Å². The summed E-state index contributed by atoms with van der Waals surface area (Å²) in [6.07, 6.45) is 6.71. The third-order valence-electron chi connectivity index (χ3n) is 6.12. The molecule has 2 fully saturated rings. The van der Waals surface area contributed by atoms with Crippen molar-refractivity contribution in [1.29, 1.82) is 0 Å². The van der Waals surface area contributed by atoms with Gasteiger partial charge in [0.1, 0.15) is 6.10 Å². The number of nitrogens with one attached hydrogen (secondary N) is 2. The lowest BCUT2D eigenvalue weighted by molar-refractivity contribution is -0.0201. The molecule has 1 saturated carbocycles. The molecule has 3 rings (SSSR count). The Morgan fingerprint density at radius 2 is 2.03 bits per heavy atom. The maximum Gasteiger partial charge on any atom is 0.213 e. The van der Waals surface area contributed by atoms with Crippen molar-refractivity contribution in [2.45, 2.75) is 64.7 Å². The molecular formula is C24H41N5O3. The number of ether oxygens (including phenoxy) is 2. The largest absolute Gasteiger partial charge is 0.474 e. The van der Waals surface area contributed by atoms with Crippen molar-refractivity contribution in [2.75, 3.05) is 45.9 Å². The highest BCUT2D eigenvalue weighted by atomic mass is 16.5. The molecule has 32 heavy (non-hydrogen) atoms. The second kappa shape index (κ2) is 12.4. The molecule has 0 spiro atoms. The van der Waals surface area contributed by atoms with Gasteiger partial charge >= 0.3 is 0 Å². The van der Waals surface area contributed by atoms with E-state index in [1.165, 1.54) is 12.8 Å². The number of guanidine groups is 1. The van der Waals surface area contributed by atoms with E-state index >= 15 is 0 Å². The minimum Gasteiger partial charge on any atom is -0.474 e. The van der Waals surface area contributed by atoms with E-state index in [1.54, 1.807) is 6.20 Å². The second-order valence-electron chi connectivity index (χ2n) is 9.44. The van der Waals surface area contributed by atoms with Gasteiger partial charge in [-0.05, 0) is 57.1 Å². The highest BCUT2D eigenvalue weighted by Crippen LogP contribution is 2.26. The van der Waals surface area contributed by atoms with Crippen LogP contribution in [0.2, 0.25) is 0 Å². The standard InChI is InChI=1S/C24H41N5O3/c1-4-25-23(28-17-24(3,30)18-29-11-13-31-14-12-29)27-16-20-9-10-26-22(15-20)32-21-7-5-19(2)6-8-21/h9-10,15,19,21,30H,4-8,11-14,16-18H2,1-3H3,(H2,25,27,28). The molecule has 1 unspecified atom stereocenters. The van der Waals surface area contributed by atoms with Crippen molar-refractivity contribution in [1.82, 2.24) is 20.5 Å². The van der Waals surface area contributed by atoms with Crippen LogP contribution in [0.25, 0.3) is 0 Å². The summed E-state index contributed by atoms with van der Waals surface area (Å²) in [5, 5.41) is 17.4.